The van der Waals surface area contributed by atoms with Gasteiger partial charge < -0.3 is 10.2 Å². The van der Waals surface area contributed by atoms with Crippen molar-refractivity contribution in [2.45, 2.75) is 44.2 Å². The van der Waals surface area contributed by atoms with E-state index in [-0.39, 0.29) is 5.54 Å². The van der Waals surface area contributed by atoms with Gasteiger partial charge in [0.05, 0.1) is 6.04 Å². The standard InChI is InChI=1S/C15H25BrN2S/c1-11-5-7-15(8-6-11,18(3)4)14(17-2)12-9-19-10-13(12)16/h9-11,14,17H,5-8H2,1-4H3. The van der Waals surface area contributed by atoms with Crippen LogP contribution in [0.15, 0.2) is 15.2 Å². The summed E-state index contributed by atoms with van der Waals surface area (Å²) in [6.45, 7) is 2.38. The van der Waals surface area contributed by atoms with Gasteiger partial charge in [0.1, 0.15) is 0 Å². The van der Waals surface area contributed by atoms with Gasteiger partial charge in [-0.15, -0.1) is 0 Å². The first-order valence-corrected chi connectivity index (χ1v) is 8.81. The highest BCUT2D eigenvalue weighted by Crippen LogP contribution is 2.45. The van der Waals surface area contributed by atoms with E-state index in [2.05, 4.69) is 65.0 Å². The molecule has 108 valence electrons. The molecule has 1 heterocycles. The summed E-state index contributed by atoms with van der Waals surface area (Å²) in [7, 11) is 6.57. The molecule has 0 saturated heterocycles. The Labute approximate surface area is 129 Å². The molecule has 0 amide bonds. The lowest BCUT2D eigenvalue weighted by molar-refractivity contribution is 0.0455. The van der Waals surface area contributed by atoms with Crippen LogP contribution in [0.25, 0.3) is 0 Å². The van der Waals surface area contributed by atoms with Crippen LogP contribution in [0.2, 0.25) is 0 Å². The Morgan fingerprint density at radius 3 is 2.42 bits per heavy atom. The molecule has 1 atom stereocenters. The van der Waals surface area contributed by atoms with Gasteiger partial charge in [0.2, 0.25) is 0 Å². The molecule has 1 aromatic rings. The number of nitrogens with one attached hydrogen (secondary N) is 1. The SMILES string of the molecule is CNC(c1cscc1Br)C1(N(C)C)CCC(C)CC1. The zero-order chi connectivity index (χ0) is 14.0. The minimum atomic E-state index is 0.241. The van der Waals surface area contributed by atoms with Gasteiger partial charge >= 0.3 is 0 Å². The molecule has 0 aromatic carbocycles. The number of nitrogens with zero attached hydrogens (tertiary/aromatic N) is 1. The van der Waals surface area contributed by atoms with Crippen molar-refractivity contribution in [1.82, 2.24) is 10.2 Å². The average molecular weight is 345 g/mol. The number of hydrogen-bond donors (Lipinski definition) is 1. The Morgan fingerprint density at radius 1 is 1.37 bits per heavy atom. The maximum atomic E-state index is 3.71. The number of thiophene rings is 1. The van der Waals surface area contributed by atoms with Crippen LogP contribution >= 0.6 is 27.3 Å². The van der Waals surface area contributed by atoms with Crippen molar-refractivity contribution in [3.05, 3.63) is 20.8 Å². The van der Waals surface area contributed by atoms with Crippen LogP contribution in [0.5, 0.6) is 0 Å². The van der Waals surface area contributed by atoms with Crippen LogP contribution in [0.1, 0.15) is 44.2 Å². The molecule has 0 aliphatic heterocycles. The van der Waals surface area contributed by atoms with Crippen molar-refractivity contribution in [3.63, 3.8) is 0 Å². The quantitative estimate of drug-likeness (QED) is 0.876. The Bertz CT molecular complexity index is 408. The zero-order valence-corrected chi connectivity index (χ0v) is 14.8. The fourth-order valence-electron chi connectivity index (χ4n) is 3.47. The van der Waals surface area contributed by atoms with E-state index in [9.17, 15) is 0 Å². The molecule has 4 heteroatoms. The second-order valence-electron chi connectivity index (χ2n) is 6.08. The molecule has 0 spiro atoms. The molecule has 2 nitrogen and oxygen atoms in total. The smallest absolute Gasteiger partial charge is 0.0524 e. The Hall–Kier alpha value is 0.1000. The van der Waals surface area contributed by atoms with E-state index >= 15 is 0 Å². The molecule has 1 aliphatic rings. The first-order valence-electron chi connectivity index (χ1n) is 7.07. The van der Waals surface area contributed by atoms with Crippen LogP contribution in [-0.2, 0) is 0 Å². The predicted octanol–water partition coefficient (Wildman–Crippen LogP) is 4.28. The van der Waals surface area contributed by atoms with Crippen LogP contribution in [0.4, 0.5) is 0 Å². The third-order valence-electron chi connectivity index (χ3n) is 4.81. The van der Waals surface area contributed by atoms with Gasteiger partial charge in [-0.05, 0) is 79.6 Å². The maximum absolute atomic E-state index is 3.71. The molecule has 1 saturated carbocycles. The lowest BCUT2D eigenvalue weighted by Crippen LogP contribution is -2.55. The van der Waals surface area contributed by atoms with Crippen LogP contribution in [0, 0.1) is 5.92 Å². The molecule has 1 aliphatic carbocycles. The molecular formula is C15H25BrN2S. The molecule has 0 radical (unpaired) electrons. The van der Waals surface area contributed by atoms with Crippen molar-refractivity contribution < 1.29 is 0 Å². The Balaban J connectivity index is 2.34. The summed E-state index contributed by atoms with van der Waals surface area (Å²) < 4.78 is 1.25. The van der Waals surface area contributed by atoms with Crippen molar-refractivity contribution in [1.29, 1.82) is 0 Å². The highest BCUT2D eigenvalue weighted by molar-refractivity contribution is 9.10. The fraction of sp³-hybridized carbons (Fsp3) is 0.733. The van der Waals surface area contributed by atoms with E-state index in [1.807, 2.05) is 0 Å². The van der Waals surface area contributed by atoms with Gasteiger partial charge in [0.15, 0.2) is 0 Å². The number of halogens is 1. The summed E-state index contributed by atoms with van der Waals surface area (Å²) >= 11 is 5.49. The van der Waals surface area contributed by atoms with Gasteiger partial charge in [-0.2, -0.15) is 11.3 Å². The molecule has 1 aromatic heterocycles. The van der Waals surface area contributed by atoms with E-state index < -0.39 is 0 Å². The molecule has 19 heavy (non-hydrogen) atoms. The fourth-order valence-corrected chi connectivity index (χ4v) is 5.02. The van der Waals surface area contributed by atoms with Crippen molar-refractivity contribution in [3.8, 4) is 0 Å². The van der Waals surface area contributed by atoms with Gasteiger partial charge in [-0.3, -0.25) is 0 Å². The second-order valence-corrected chi connectivity index (χ2v) is 7.68. The van der Waals surface area contributed by atoms with Crippen molar-refractivity contribution in [2.75, 3.05) is 21.1 Å². The Morgan fingerprint density at radius 2 is 2.00 bits per heavy atom. The van der Waals surface area contributed by atoms with Crippen molar-refractivity contribution in [2.24, 2.45) is 5.92 Å². The van der Waals surface area contributed by atoms with E-state index in [0.29, 0.717) is 6.04 Å². The first kappa shape index (κ1) is 15.5. The third-order valence-corrected chi connectivity index (χ3v) is 6.56. The summed E-state index contributed by atoms with van der Waals surface area (Å²) in [4.78, 5) is 2.45. The summed E-state index contributed by atoms with van der Waals surface area (Å²) in [6, 6.07) is 0.399. The number of hydrogen-bond acceptors (Lipinski definition) is 3. The topological polar surface area (TPSA) is 15.3 Å². The molecule has 2 rings (SSSR count). The summed E-state index contributed by atoms with van der Waals surface area (Å²) in [6.07, 6.45) is 5.21. The minimum absolute atomic E-state index is 0.241. The lowest BCUT2D eigenvalue weighted by atomic mass is 9.70. The largest absolute Gasteiger partial charge is 0.311 e. The normalized spacial score (nSPS) is 29.7. The first-order chi connectivity index (χ1) is 9.01. The molecule has 1 unspecified atom stereocenters. The lowest BCUT2D eigenvalue weighted by Gasteiger charge is -2.49. The van der Waals surface area contributed by atoms with Crippen LogP contribution in [-0.4, -0.2) is 31.6 Å². The monoisotopic (exact) mass is 344 g/mol. The second kappa shape index (κ2) is 6.25. The molecular weight excluding hydrogens is 320 g/mol. The van der Waals surface area contributed by atoms with Crippen molar-refractivity contribution >= 4 is 27.3 Å². The Kier molecular flexibility index (Phi) is 5.09. The highest BCUT2D eigenvalue weighted by Gasteiger charge is 2.43. The predicted molar refractivity (Wildman–Crippen MR) is 87.9 cm³/mol. The van der Waals surface area contributed by atoms with Gasteiger partial charge in [0.25, 0.3) is 0 Å². The summed E-state index contributed by atoms with van der Waals surface area (Å²) in [5.41, 5.74) is 1.65. The maximum Gasteiger partial charge on any atom is 0.0524 e. The van der Waals surface area contributed by atoms with E-state index in [4.69, 9.17) is 0 Å². The summed E-state index contributed by atoms with van der Waals surface area (Å²) in [5, 5.41) is 8.06. The highest BCUT2D eigenvalue weighted by atomic mass is 79.9. The molecule has 0 bridgehead atoms. The zero-order valence-electron chi connectivity index (χ0n) is 12.4. The van der Waals surface area contributed by atoms with Gasteiger partial charge in [-0.1, -0.05) is 6.92 Å². The third kappa shape index (κ3) is 2.92. The number of rotatable bonds is 4. The van der Waals surface area contributed by atoms with Crippen LogP contribution in [0.3, 0.4) is 0 Å². The summed E-state index contributed by atoms with van der Waals surface area (Å²) in [5.74, 6) is 0.872. The van der Waals surface area contributed by atoms with Gasteiger partial charge in [0, 0.05) is 15.4 Å². The van der Waals surface area contributed by atoms with E-state index in [1.165, 1.54) is 35.7 Å². The van der Waals surface area contributed by atoms with Gasteiger partial charge in [-0.25, -0.2) is 0 Å². The molecule has 1 fully saturated rings. The minimum Gasteiger partial charge on any atom is -0.311 e. The average Bonchev–Trinajstić information content (AvgIpc) is 2.79. The van der Waals surface area contributed by atoms with Crippen LogP contribution < -0.4 is 5.32 Å². The van der Waals surface area contributed by atoms with E-state index in [1.54, 1.807) is 11.3 Å². The number of likely N-dealkylation sites (N-methyl/N-ethyl adjacent to an activating group) is 2. The van der Waals surface area contributed by atoms with E-state index in [0.717, 1.165) is 5.92 Å². The molecule has 1 N–H and O–H groups in total.